The van der Waals surface area contributed by atoms with E-state index in [1.54, 1.807) is 12.3 Å². The Morgan fingerprint density at radius 2 is 1.96 bits per heavy atom. The Morgan fingerprint density at radius 1 is 1.19 bits per heavy atom. The Bertz CT molecular complexity index is 908. The molecule has 3 amide bonds. The summed E-state index contributed by atoms with van der Waals surface area (Å²) in [7, 11) is 0. The van der Waals surface area contributed by atoms with E-state index < -0.39 is 0 Å². The molecule has 1 saturated carbocycles. The van der Waals surface area contributed by atoms with Crippen LogP contribution in [0, 0.1) is 13.8 Å². The van der Waals surface area contributed by atoms with Gasteiger partial charge < -0.3 is 9.88 Å². The summed E-state index contributed by atoms with van der Waals surface area (Å²) in [6.45, 7) is 4.03. The number of pyridine rings is 1. The molecule has 2 aromatic heterocycles. The van der Waals surface area contributed by atoms with E-state index in [-0.39, 0.29) is 18.0 Å². The number of carbonyl (C=O) groups excluding carboxylic acids is 2. The third kappa shape index (κ3) is 3.16. The SMILES string of the molecule is Cc1cc(/C=C2\NC(=O)N(C3CCCCC3)C2=O)c(C)n1-c1cccnc1. The van der Waals surface area contributed by atoms with Crippen molar-refractivity contribution in [1.82, 2.24) is 19.8 Å². The fourth-order valence-corrected chi connectivity index (χ4v) is 4.19. The molecule has 0 unspecified atom stereocenters. The van der Waals surface area contributed by atoms with Crippen LogP contribution in [0.15, 0.2) is 36.3 Å². The summed E-state index contributed by atoms with van der Waals surface area (Å²) in [6.07, 6.45) is 10.5. The zero-order valence-corrected chi connectivity index (χ0v) is 15.7. The maximum atomic E-state index is 12.9. The topological polar surface area (TPSA) is 67.2 Å². The Hall–Kier alpha value is -2.89. The summed E-state index contributed by atoms with van der Waals surface area (Å²) in [5.74, 6) is -0.210. The number of imide groups is 1. The van der Waals surface area contributed by atoms with E-state index in [4.69, 9.17) is 0 Å². The van der Waals surface area contributed by atoms with Gasteiger partial charge in [0.2, 0.25) is 0 Å². The second kappa shape index (κ2) is 7.02. The molecular formula is C21H24N4O2. The van der Waals surface area contributed by atoms with Crippen LogP contribution in [0.4, 0.5) is 4.79 Å². The fraction of sp³-hybridized carbons (Fsp3) is 0.381. The van der Waals surface area contributed by atoms with Gasteiger partial charge in [-0.15, -0.1) is 0 Å². The van der Waals surface area contributed by atoms with E-state index in [2.05, 4.69) is 14.9 Å². The maximum Gasteiger partial charge on any atom is 0.329 e. The lowest BCUT2D eigenvalue weighted by molar-refractivity contribution is -0.124. The number of aryl methyl sites for hydroxylation is 1. The van der Waals surface area contributed by atoms with E-state index in [1.807, 2.05) is 38.2 Å². The van der Waals surface area contributed by atoms with Crippen LogP contribution < -0.4 is 5.32 Å². The van der Waals surface area contributed by atoms with E-state index >= 15 is 0 Å². The summed E-state index contributed by atoms with van der Waals surface area (Å²) in [5, 5.41) is 2.77. The van der Waals surface area contributed by atoms with Crippen molar-refractivity contribution in [2.45, 2.75) is 52.0 Å². The highest BCUT2D eigenvalue weighted by atomic mass is 16.2. The average molecular weight is 364 g/mol. The van der Waals surface area contributed by atoms with Gasteiger partial charge >= 0.3 is 6.03 Å². The molecule has 2 aliphatic rings. The molecule has 6 nitrogen and oxygen atoms in total. The molecule has 3 heterocycles. The van der Waals surface area contributed by atoms with Gasteiger partial charge in [-0.3, -0.25) is 14.7 Å². The molecule has 27 heavy (non-hydrogen) atoms. The Morgan fingerprint density at radius 3 is 2.67 bits per heavy atom. The lowest BCUT2D eigenvalue weighted by Crippen LogP contribution is -2.41. The first-order valence-corrected chi connectivity index (χ1v) is 9.52. The van der Waals surface area contributed by atoms with Crippen molar-refractivity contribution in [2.75, 3.05) is 0 Å². The molecule has 2 fully saturated rings. The maximum absolute atomic E-state index is 12.9. The minimum atomic E-state index is -0.292. The molecule has 140 valence electrons. The standard InChI is InChI=1S/C21H24N4O2/c1-14-11-16(15(2)24(14)18-9-6-10-22-13-18)12-19-20(26)25(21(27)23-19)17-7-4-3-5-8-17/h6,9-13,17H,3-5,7-8H2,1-2H3,(H,23,27)/b19-12-. The minimum absolute atomic E-state index is 0.0278. The highest BCUT2D eigenvalue weighted by Crippen LogP contribution is 2.28. The molecule has 4 rings (SSSR count). The second-order valence-corrected chi connectivity index (χ2v) is 7.33. The first kappa shape index (κ1) is 17.5. The third-order valence-electron chi connectivity index (χ3n) is 5.52. The van der Waals surface area contributed by atoms with Crippen LogP contribution in [0.5, 0.6) is 0 Å². The number of amides is 3. The Balaban J connectivity index is 1.64. The van der Waals surface area contributed by atoms with Crippen molar-refractivity contribution in [1.29, 1.82) is 0 Å². The lowest BCUT2D eigenvalue weighted by atomic mass is 9.94. The van der Waals surface area contributed by atoms with Gasteiger partial charge in [0.1, 0.15) is 5.70 Å². The number of urea groups is 1. The number of hydrogen-bond acceptors (Lipinski definition) is 3. The fourth-order valence-electron chi connectivity index (χ4n) is 4.19. The van der Waals surface area contributed by atoms with Crippen LogP contribution in [-0.4, -0.2) is 32.4 Å². The smallest absolute Gasteiger partial charge is 0.316 e. The van der Waals surface area contributed by atoms with Crippen molar-refractivity contribution in [3.8, 4) is 5.69 Å². The van der Waals surface area contributed by atoms with Crippen LogP contribution in [0.25, 0.3) is 11.8 Å². The first-order chi connectivity index (χ1) is 13.1. The minimum Gasteiger partial charge on any atom is -0.316 e. The Labute approximate surface area is 158 Å². The van der Waals surface area contributed by atoms with Gasteiger partial charge in [-0.25, -0.2) is 4.79 Å². The third-order valence-corrected chi connectivity index (χ3v) is 5.52. The highest BCUT2D eigenvalue weighted by Gasteiger charge is 2.39. The van der Waals surface area contributed by atoms with E-state index in [0.717, 1.165) is 48.3 Å². The lowest BCUT2D eigenvalue weighted by Gasteiger charge is -2.28. The van der Waals surface area contributed by atoms with Gasteiger partial charge in [-0.2, -0.15) is 0 Å². The van der Waals surface area contributed by atoms with E-state index in [0.29, 0.717) is 5.70 Å². The van der Waals surface area contributed by atoms with Crippen LogP contribution in [-0.2, 0) is 4.79 Å². The van der Waals surface area contributed by atoms with E-state index in [1.165, 1.54) is 11.3 Å². The predicted octanol–water partition coefficient (Wildman–Crippen LogP) is 3.71. The van der Waals surface area contributed by atoms with Gasteiger partial charge in [-0.1, -0.05) is 19.3 Å². The van der Waals surface area contributed by atoms with Crippen LogP contribution in [0.1, 0.15) is 49.1 Å². The molecule has 1 saturated heterocycles. The molecule has 0 spiro atoms. The molecule has 0 bridgehead atoms. The number of aromatic nitrogens is 2. The molecule has 0 aromatic carbocycles. The van der Waals surface area contributed by atoms with Gasteiger partial charge in [0.25, 0.3) is 5.91 Å². The molecule has 2 aromatic rings. The first-order valence-electron chi connectivity index (χ1n) is 9.52. The average Bonchev–Trinajstić information content (AvgIpc) is 3.11. The number of nitrogens with zero attached hydrogens (tertiary/aromatic N) is 3. The van der Waals surface area contributed by atoms with Crippen molar-refractivity contribution >= 4 is 18.0 Å². The molecule has 1 aliphatic heterocycles. The van der Waals surface area contributed by atoms with Crippen molar-refractivity contribution in [3.05, 3.63) is 53.2 Å². The zero-order chi connectivity index (χ0) is 19.0. The highest BCUT2D eigenvalue weighted by molar-refractivity contribution is 6.14. The molecule has 0 atom stereocenters. The van der Waals surface area contributed by atoms with Crippen molar-refractivity contribution in [3.63, 3.8) is 0 Å². The van der Waals surface area contributed by atoms with E-state index in [9.17, 15) is 9.59 Å². The molecule has 1 aliphatic carbocycles. The summed E-state index contributed by atoms with van der Waals surface area (Å²) < 4.78 is 2.10. The number of carbonyl (C=O) groups is 2. The van der Waals surface area contributed by atoms with Gasteiger partial charge in [0.05, 0.1) is 11.9 Å². The number of hydrogen-bond donors (Lipinski definition) is 1. The Kier molecular flexibility index (Phi) is 4.56. The molecule has 6 heteroatoms. The predicted molar refractivity (Wildman–Crippen MR) is 103 cm³/mol. The van der Waals surface area contributed by atoms with Crippen LogP contribution in [0.2, 0.25) is 0 Å². The molecule has 0 radical (unpaired) electrons. The zero-order valence-electron chi connectivity index (χ0n) is 15.7. The summed E-state index contributed by atoms with van der Waals surface area (Å²) >= 11 is 0. The van der Waals surface area contributed by atoms with Gasteiger partial charge in [0, 0.05) is 23.6 Å². The summed E-state index contributed by atoms with van der Waals surface area (Å²) in [4.78, 5) is 30.9. The quantitative estimate of drug-likeness (QED) is 0.667. The monoisotopic (exact) mass is 364 g/mol. The normalized spacial score (nSPS) is 19.8. The van der Waals surface area contributed by atoms with Crippen molar-refractivity contribution < 1.29 is 9.59 Å². The summed E-state index contributed by atoms with van der Waals surface area (Å²) in [6, 6.07) is 5.66. The molecular weight excluding hydrogens is 340 g/mol. The largest absolute Gasteiger partial charge is 0.329 e. The van der Waals surface area contributed by atoms with Gasteiger partial charge in [-0.05, 0) is 56.5 Å². The number of nitrogens with one attached hydrogen (secondary N) is 1. The van der Waals surface area contributed by atoms with Crippen LogP contribution in [0.3, 0.4) is 0 Å². The number of rotatable bonds is 3. The summed E-state index contributed by atoms with van der Waals surface area (Å²) in [5.41, 5.74) is 4.31. The molecule has 1 N–H and O–H groups in total. The van der Waals surface area contributed by atoms with Gasteiger partial charge in [0.15, 0.2) is 0 Å². The second-order valence-electron chi connectivity index (χ2n) is 7.33. The van der Waals surface area contributed by atoms with Crippen molar-refractivity contribution in [2.24, 2.45) is 0 Å². The van der Waals surface area contributed by atoms with Crippen LogP contribution >= 0.6 is 0 Å².